The third-order valence-electron chi connectivity index (χ3n) is 7.05. The molecule has 0 bridgehead atoms. The number of nitrogens with one attached hydrogen (secondary N) is 2. The third kappa shape index (κ3) is 4.89. The van der Waals surface area contributed by atoms with Crippen LogP contribution in [0, 0.1) is 5.41 Å². The smallest absolute Gasteiger partial charge is 0.228 e. The number of nitrogens with zero attached hydrogens (tertiary/aromatic N) is 5. The number of nitrogens with two attached hydrogens (primary N) is 1. The number of fused-ring (bicyclic) bond motifs is 1. The highest BCUT2D eigenvalue weighted by Crippen LogP contribution is 2.40. The number of halogens is 2. The molecule has 1 aliphatic carbocycles. The van der Waals surface area contributed by atoms with Gasteiger partial charge in [0.15, 0.2) is 5.65 Å². The van der Waals surface area contributed by atoms with E-state index in [1.807, 2.05) is 30.0 Å². The fraction of sp³-hybridized carbons (Fsp3) is 0.500. The number of benzene rings is 1. The molecular formula is C24H30BrClN8O. The van der Waals surface area contributed by atoms with Gasteiger partial charge in [0, 0.05) is 54.9 Å². The summed E-state index contributed by atoms with van der Waals surface area (Å²) < 4.78 is 2.40. The molecule has 11 heteroatoms. The summed E-state index contributed by atoms with van der Waals surface area (Å²) in [7, 11) is 0. The van der Waals surface area contributed by atoms with E-state index in [4.69, 9.17) is 22.3 Å². The average molecular weight is 562 g/mol. The molecule has 1 aliphatic heterocycles. The van der Waals surface area contributed by atoms with Gasteiger partial charge in [0.25, 0.3) is 0 Å². The van der Waals surface area contributed by atoms with Crippen LogP contribution in [-0.4, -0.2) is 62.8 Å². The normalized spacial score (nSPS) is 23.6. The van der Waals surface area contributed by atoms with Gasteiger partial charge in [-0.2, -0.15) is 10.1 Å². The predicted octanol–water partition coefficient (Wildman–Crippen LogP) is 3.65. The SMILES string of the molecule is C[C@H](N)c1cc(Cl)cc(-n2nc(Br)c3cnc(N[C@@H]4CC[C@@](C)(C(=O)N5CCNCC5)C4)nc32)c1. The molecule has 2 aromatic heterocycles. The Morgan fingerprint density at radius 2 is 2.11 bits per heavy atom. The fourth-order valence-electron chi connectivity index (χ4n) is 5.09. The maximum atomic E-state index is 13.2. The molecule has 3 aromatic rings. The van der Waals surface area contributed by atoms with Crippen LogP contribution in [0.4, 0.5) is 5.95 Å². The molecule has 2 fully saturated rings. The van der Waals surface area contributed by atoms with E-state index < -0.39 is 0 Å². The summed E-state index contributed by atoms with van der Waals surface area (Å²) in [6.45, 7) is 7.28. The number of hydrogen-bond acceptors (Lipinski definition) is 7. The predicted molar refractivity (Wildman–Crippen MR) is 141 cm³/mol. The number of piperazine rings is 1. The van der Waals surface area contributed by atoms with E-state index in [0.29, 0.717) is 21.2 Å². The Kier molecular flexibility index (Phi) is 6.73. The largest absolute Gasteiger partial charge is 0.351 e. The number of aromatic nitrogens is 4. The summed E-state index contributed by atoms with van der Waals surface area (Å²) in [5.41, 5.74) is 8.08. The summed E-state index contributed by atoms with van der Waals surface area (Å²) in [6.07, 6.45) is 4.26. The van der Waals surface area contributed by atoms with Crippen molar-refractivity contribution in [3.8, 4) is 5.69 Å². The second-order valence-electron chi connectivity index (χ2n) is 9.85. The Balaban J connectivity index is 1.38. The van der Waals surface area contributed by atoms with Crippen molar-refractivity contribution in [2.75, 3.05) is 31.5 Å². The van der Waals surface area contributed by atoms with Gasteiger partial charge in [-0.05, 0) is 65.9 Å². The summed E-state index contributed by atoms with van der Waals surface area (Å²) in [5.74, 6) is 0.775. The van der Waals surface area contributed by atoms with Crippen LogP contribution in [0.3, 0.4) is 0 Å². The molecule has 35 heavy (non-hydrogen) atoms. The minimum absolute atomic E-state index is 0.125. The van der Waals surface area contributed by atoms with Crippen molar-refractivity contribution in [1.29, 1.82) is 0 Å². The van der Waals surface area contributed by atoms with Gasteiger partial charge < -0.3 is 21.3 Å². The van der Waals surface area contributed by atoms with Gasteiger partial charge in [-0.25, -0.2) is 9.67 Å². The standard InChI is InChI=1S/C24H30BrClN8O/c1-14(27)15-9-16(26)11-18(10-15)34-21-19(20(25)32-34)13-29-23(31-21)30-17-3-4-24(2,12-17)22(35)33-7-5-28-6-8-33/h9-11,13-14,17,28H,3-8,12,27H2,1-2H3,(H,29,30,31)/t14-,17+,24+/m0/s1. The number of hydrogen-bond donors (Lipinski definition) is 3. The molecule has 4 N–H and O–H groups in total. The van der Waals surface area contributed by atoms with Crippen molar-refractivity contribution in [3.05, 3.63) is 39.6 Å². The molecule has 0 spiro atoms. The lowest BCUT2D eigenvalue weighted by Gasteiger charge is -2.34. The lowest BCUT2D eigenvalue weighted by atomic mass is 9.86. The van der Waals surface area contributed by atoms with Crippen LogP contribution >= 0.6 is 27.5 Å². The topological polar surface area (TPSA) is 114 Å². The molecule has 9 nitrogen and oxygen atoms in total. The van der Waals surface area contributed by atoms with E-state index in [1.165, 1.54) is 0 Å². The Morgan fingerprint density at radius 1 is 1.34 bits per heavy atom. The molecular weight excluding hydrogens is 532 g/mol. The van der Waals surface area contributed by atoms with E-state index in [9.17, 15) is 4.79 Å². The lowest BCUT2D eigenvalue weighted by molar-refractivity contribution is -0.141. The van der Waals surface area contributed by atoms with E-state index in [2.05, 4.69) is 43.6 Å². The molecule has 1 aromatic carbocycles. The molecule has 186 valence electrons. The van der Waals surface area contributed by atoms with Crippen LogP contribution in [0.2, 0.25) is 5.02 Å². The molecule has 1 saturated heterocycles. The Bertz CT molecular complexity index is 1260. The summed E-state index contributed by atoms with van der Waals surface area (Å²) >= 11 is 9.89. The minimum atomic E-state index is -0.361. The first-order valence-electron chi connectivity index (χ1n) is 12.0. The maximum absolute atomic E-state index is 13.2. The highest BCUT2D eigenvalue weighted by atomic mass is 79.9. The minimum Gasteiger partial charge on any atom is -0.351 e. The van der Waals surface area contributed by atoms with Crippen LogP contribution in [-0.2, 0) is 4.79 Å². The van der Waals surface area contributed by atoms with E-state index >= 15 is 0 Å². The highest BCUT2D eigenvalue weighted by Gasteiger charge is 2.43. The van der Waals surface area contributed by atoms with Gasteiger partial charge in [-0.1, -0.05) is 18.5 Å². The molecule has 3 atom stereocenters. The van der Waals surface area contributed by atoms with Crippen molar-refractivity contribution in [2.45, 2.75) is 45.2 Å². The zero-order chi connectivity index (χ0) is 24.7. The number of carbonyl (C=O) groups excluding carboxylic acids is 1. The summed E-state index contributed by atoms with van der Waals surface area (Å²) in [4.78, 5) is 24.5. The molecule has 3 heterocycles. The summed E-state index contributed by atoms with van der Waals surface area (Å²) in [6, 6.07) is 5.63. The van der Waals surface area contributed by atoms with Crippen LogP contribution in [0.25, 0.3) is 16.7 Å². The molecule has 1 saturated carbocycles. The van der Waals surface area contributed by atoms with Gasteiger partial charge in [0.05, 0.1) is 11.1 Å². The van der Waals surface area contributed by atoms with Crippen LogP contribution in [0.1, 0.15) is 44.7 Å². The monoisotopic (exact) mass is 560 g/mol. The number of anilines is 1. The van der Waals surface area contributed by atoms with E-state index in [1.54, 1.807) is 10.9 Å². The zero-order valence-corrected chi connectivity index (χ0v) is 22.2. The molecule has 2 aliphatic rings. The van der Waals surface area contributed by atoms with E-state index in [-0.39, 0.29) is 23.4 Å². The van der Waals surface area contributed by atoms with Gasteiger partial charge >= 0.3 is 0 Å². The van der Waals surface area contributed by atoms with Crippen LogP contribution in [0.15, 0.2) is 29.0 Å². The Morgan fingerprint density at radius 3 is 2.86 bits per heavy atom. The molecule has 1 amide bonds. The first kappa shape index (κ1) is 24.4. The number of amides is 1. The van der Waals surface area contributed by atoms with Gasteiger partial charge in [-0.15, -0.1) is 0 Å². The van der Waals surface area contributed by atoms with Crippen molar-refractivity contribution in [2.24, 2.45) is 11.1 Å². The van der Waals surface area contributed by atoms with Gasteiger partial charge in [-0.3, -0.25) is 4.79 Å². The van der Waals surface area contributed by atoms with E-state index in [0.717, 1.165) is 62.1 Å². The van der Waals surface area contributed by atoms with Crippen molar-refractivity contribution in [3.63, 3.8) is 0 Å². The van der Waals surface area contributed by atoms with Crippen molar-refractivity contribution >= 4 is 50.4 Å². The fourth-order valence-corrected chi connectivity index (χ4v) is 5.77. The molecule has 5 rings (SSSR count). The van der Waals surface area contributed by atoms with Crippen LogP contribution in [0.5, 0.6) is 0 Å². The quantitative estimate of drug-likeness (QED) is 0.436. The number of rotatable bonds is 5. The zero-order valence-electron chi connectivity index (χ0n) is 19.9. The lowest BCUT2D eigenvalue weighted by Crippen LogP contribution is -2.50. The second-order valence-corrected chi connectivity index (χ2v) is 11.0. The van der Waals surface area contributed by atoms with Crippen molar-refractivity contribution in [1.82, 2.24) is 30.0 Å². The average Bonchev–Trinajstić information content (AvgIpc) is 3.39. The van der Waals surface area contributed by atoms with Gasteiger partial charge in [0.1, 0.15) is 4.60 Å². The highest BCUT2D eigenvalue weighted by molar-refractivity contribution is 9.10. The first-order valence-corrected chi connectivity index (χ1v) is 13.1. The molecule has 0 radical (unpaired) electrons. The number of carbonyl (C=O) groups is 1. The third-order valence-corrected chi connectivity index (χ3v) is 7.85. The summed E-state index contributed by atoms with van der Waals surface area (Å²) in [5, 5.41) is 12.8. The van der Waals surface area contributed by atoms with Crippen LogP contribution < -0.4 is 16.4 Å². The first-order chi connectivity index (χ1) is 16.7. The molecule has 0 unspecified atom stereocenters. The van der Waals surface area contributed by atoms with Gasteiger partial charge in [0.2, 0.25) is 11.9 Å². The second kappa shape index (κ2) is 9.65. The Hall–Kier alpha value is -2.27. The Labute approximate surface area is 217 Å². The maximum Gasteiger partial charge on any atom is 0.228 e. The van der Waals surface area contributed by atoms with Crippen molar-refractivity contribution < 1.29 is 4.79 Å².